The van der Waals surface area contributed by atoms with E-state index in [1.54, 1.807) is 26.0 Å². The molecule has 1 saturated carbocycles. The minimum Gasteiger partial charge on any atom is -0.440 e. The Balaban J connectivity index is 2.21. The van der Waals surface area contributed by atoms with Crippen molar-refractivity contribution in [2.75, 3.05) is 0 Å². The fraction of sp³-hybridized carbons (Fsp3) is 0.412. The van der Waals surface area contributed by atoms with Gasteiger partial charge in [0.05, 0.1) is 10.8 Å². The number of hydrogen-bond donors (Lipinski definition) is 0. The Morgan fingerprint density at radius 3 is 2.38 bits per heavy atom. The van der Waals surface area contributed by atoms with E-state index in [9.17, 15) is 18.0 Å². The van der Waals surface area contributed by atoms with Crippen molar-refractivity contribution in [1.82, 2.24) is 4.31 Å². The van der Waals surface area contributed by atoms with Gasteiger partial charge in [-0.2, -0.15) is 4.31 Å². The van der Waals surface area contributed by atoms with Crippen LogP contribution in [0.15, 0.2) is 41.3 Å². The van der Waals surface area contributed by atoms with E-state index < -0.39 is 33.2 Å². The molecule has 7 heteroatoms. The van der Waals surface area contributed by atoms with Gasteiger partial charge in [-0.1, -0.05) is 24.3 Å². The number of rotatable bonds is 3. The number of sulfonamides is 1. The zero-order valence-corrected chi connectivity index (χ0v) is 14.6. The third-order valence-electron chi connectivity index (χ3n) is 5.01. The van der Waals surface area contributed by atoms with Crippen LogP contribution in [-0.2, 0) is 19.6 Å². The Morgan fingerprint density at radius 2 is 1.88 bits per heavy atom. The Labute approximate surface area is 141 Å². The smallest absolute Gasteiger partial charge is 0.425 e. The van der Waals surface area contributed by atoms with E-state index in [0.29, 0.717) is 18.3 Å². The molecule has 6 nitrogen and oxygen atoms in total. The Morgan fingerprint density at radius 1 is 1.29 bits per heavy atom. The molecule has 1 aliphatic carbocycles. The number of hydrogen-bond acceptors (Lipinski definition) is 5. The Hall–Kier alpha value is -2.15. The summed E-state index contributed by atoms with van der Waals surface area (Å²) in [5.41, 5.74) is -1.16. The molecule has 0 unspecified atom stereocenters. The van der Waals surface area contributed by atoms with Crippen LogP contribution in [0, 0.1) is 12.8 Å². The van der Waals surface area contributed by atoms with E-state index in [1.165, 1.54) is 12.1 Å². The van der Waals surface area contributed by atoms with Gasteiger partial charge in [-0.3, -0.25) is 0 Å². The maximum Gasteiger partial charge on any atom is 0.425 e. The molecule has 2 fully saturated rings. The van der Waals surface area contributed by atoms with Crippen LogP contribution in [-0.4, -0.2) is 36.2 Å². The van der Waals surface area contributed by atoms with Crippen LogP contribution in [0.4, 0.5) is 4.79 Å². The summed E-state index contributed by atoms with van der Waals surface area (Å²) in [6.07, 6.45) is 0.0350. The predicted molar refractivity (Wildman–Crippen MR) is 86.8 cm³/mol. The van der Waals surface area contributed by atoms with E-state index in [-0.39, 0.29) is 4.90 Å². The lowest BCUT2D eigenvalue weighted by atomic mass is 9.57. The molecule has 1 aliphatic heterocycles. The number of benzene rings is 1. The van der Waals surface area contributed by atoms with Crippen LogP contribution in [0.3, 0.4) is 0 Å². The Bertz CT molecular complexity index is 840. The fourth-order valence-electron chi connectivity index (χ4n) is 3.84. The van der Waals surface area contributed by atoms with Crippen LogP contribution in [0.25, 0.3) is 0 Å². The molecule has 0 bridgehead atoms. The molecule has 0 N–H and O–H groups in total. The number of ether oxygens (including phenoxy) is 1. The highest BCUT2D eigenvalue weighted by Crippen LogP contribution is 2.59. The summed E-state index contributed by atoms with van der Waals surface area (Å²) in [7, 11) is -4.18. The first kappa shape index (κ1) is 16.7. The first-order chi connectivity index (χ1) is 11.1. The minimum absolute atomic E-state index is 0.0218. The maximum atomic E-state index is 13.1. The fourth-order valence-corrected chi connectivity index (χ4v) is 5.63. The quantitative estimate of drug-likeness (QED) is 0.618. The maximum absolute atomic E-state index is 13.1. The molecule has 3 rings (SSSR count). The standard InChI is InChI=1S/C17H19NO5S/c1-11-5-7-14(8-6-11)24(21,22)18-15(20)23-16(3,4)17(18)12(2)9-13(17)10-19/h5-8,10,13H,2,9H2,1,3-4H3/t13-,17-/m0/s1. The topological polar surface area (TPSA) is 80.8 Å². The monoisotopic (exact) mass is 349 g/mol. The summed E-state index contributed by atoms with van der Waals surface area (Å²) in [6.45, 7) is 8.95. The summed E-state index contributed by atoms with van der Waals surface area (Å²) in [4.78, 5) is 24.0. The van der Waals surface area contributed by atoms with Crippen LogP contribution in [0.1, 0.15) is 25.8 Å². The first-order valence-corrected chi connectivity index (χ1v) is 9.01. The molecule has 1 aromatic rings. The summed E-state index contributed by atoms with van der Waals surface area (Å²) in [5.74, 6) is -0.674. The van der Waals surface area contributed by atoms with Crippen molar-refractivity contribution in [3.8, 4) is 0 Å². The third-order valence-corrected chi connectivity index (χ3v) is 6.80. The highest BCUT2D eigenvalue weighted by Gasteiger charge is 2.73. The van der Waals surface area contributed by atoms with Gasteiger partial charge in [0.25, 0.3) is 10.0 Å². The second-order valence-corrected chi connectivity index (χ2v) is 8.56. The van der Waals surface area contributed by atoms with Crippen LogP contribution >= 0.6 is 0 Å². The third kappa shape index (κ3) is 1.84. The summed E-state index contributed by atoms with van der Waals surface area (Å²) < 4.78 is 32.3. The van der Waals surface area contributed by atoms with Gasteiger partial charge >= 0.3 is 6.09 Å². The number of cyclic esters (lactones) is 1. The van der Waals surface area contributed by atoms with E-state index in [0.717, 1.165) is 9.87 Å². The van der Waals surface area contributed by atoms with E-state index in [2.05, 4.69) is 6.58 Å². The van der Waals surface area contributed by atoms with Crippen molar-refractivity contribution >= 4 is 22.4 Å². The van der Waals surface area contributed by atoms with E-state index >= 15 is 0 Å². The van der Waals surface area contributed by atoms with Crippen molar-refractivity contribution in [2.24, 2.45) is 5.92 Å². The highest BCUT2D eigenvalue weighted by molar-refractivity contribution is 7.89. The second-order valence-electron chi connectivity index (χ2n) is 6.78. The molecular weight excluding hydrogens is 330 g/mol. The van der Waals surface area contributed by atoms with Gasteiger partial charge in [0.15, 0.2) is 0 Å². The molecule has 1 amide bonds. The second kappa shape index (κ2) is 4.92. The van der Waals surface area contributed by atoms with Gasteiger partial charge in [0.1, 0.15) is 17.4 Å². The van der Waals surface area contributed by atoms with E-state index in [1.807, 2.05) is 6.92 Å². The first-order valence-electron chi connectivity index (χ1n) is 7.57. The molecule has 0 radical (unpaired) electrons. The predicted octanol–water partition coefficient (Wildman–Crippen LogP) is 2.43. The molecule has 2 aliphatic rings. The largest absolute Gasteiger partial charge is 0.440 e. The molecule has 24 heavy (non-hydrogen) atoms. The summed E-state index contributed by atoms with van der Waals surface area (Å²) >= 11 is 0. The average Bonchev–Trinajstić information content (AvgIpc) is 2.73. The Kier molecular flexibility index (Phi) is 3.43. The number of carbonyl (C=O) groups is 2. The molecular formula is C17H19NO5S. The number of carbonyl (C=O) groups excluding carboxylic acids is 2. The molecule has 1 spiro atoms. The lowest BCUT2D eigenvalue weighted by Gasteiger charge is -2.54. The SMILES string of the molecule is C=C1C[C@@H](C=O)[C@@]12N(S(=O)(=O)c1ccc(C)cc1)C(=O)OC2(C)C. The van der Waals surface area contributed by atoms with Crippen LogP contribution in [0.5, 0.6) is 0 Å². The molecule has 1 aromatic carbocycles. The van der Waals surface area contributed by atoms with Crippen molar-refractivity contribution in [1.29, 1.82) is 0 Å². The molecule has 0 aromatic heterocycles. The van der Waals surface area contributed by atoms with Crippen molar-refractivity contribution < 1.29 is 22.7 Å². The van der Waals surface area contributed by atoms with Crippen molar-refractivity contribution in [3.05, 3.63) is 42.0 Å². The molecule has 2 atom stereocenters. The lowest BCUT2D eigenvalue weighted by Crippen LogP contribution is -2.69. The van der Waals surface area contributed by atoms with Crippen molar-refractivity contribution in [3.63, 3.8) is 0 Å². The number of amides is 1. The number of nitrogens with zero attached hydrogens (tertiary/aromatic N) is 1. The highest BCUT2D eigenvalue weighted by atomic mass is 32.2. The minimum atomic E-state index is -4.18. The molecule has 1 heterocycles. The van der Waals surface area contributed by atoms with Gasteiger partial charge in [-0.15, -0.1) is 0 Å². The average molecular weight is 349 g/mol. The lowest BCUT2D eigenvalue weighted by molar-refractivity contribution is -0.120. The summed E-state index contributed by atoms with van der Waals surface area (Å²) in [6, 6.07) is 6.18. The van der Waals surface area contributed by atoms with Gasteiger partial charge in [-0.05, 0) is 44.9 Å². The van der Waals surface area contributed by atoms with Gasteiger partial charge in [-0.25, -0.2) is 13.2 Å². The van der Waals surface area contributed by atoms with Crippen LogP contribution in [0.2, 0.25) is 0 Å². The summed E-state index contributed by atoms with van der Waals surface area (Å²) in [5, 5.41) is 0. The zero-order valence-electron chi connectivity index (χ0n) is 13.8. The van der Waals surface area contributed by atoms with Gasteiger partial charge in [0.2, 0.25) is 0 Å². The normalized spacial score (nSPS) is 28.6. The number of aldehydes is 1. The zero-order chi connectivity index (χ0) is 17.9. The molecule has 128 valence electrons. The van der Waals surface area contributed by atoms with Crippen LogP contribution < -0.4 is 0 Å². The number of aryl methyl sites for hydroxylation is 1. The molecule has 1 saturated heterocycles. The van der Waals surface area contributed by atoms with Crippen molar-refractivity contribution in [2.45, 2.75) is 43.2 Å². The van der Waals surface area contributed by atoms with E-state index in [4.69, 9.17) is 4.74 Å². The van der Waals surface area contributed by atoms with Gasteiger partial charge in [0, 0.05) is 0 Å². The van der Waals surface area contributed by atoms with Gasteiger partial charge < -0.3 is 9.53 Å².